The molecule has 1 aromatic heterocycles. The Hall–Kier alpha value is -2.60. The Bertz CT molecular complexity index is 858. The molecule has 25 heavy (non-hydrogen) atoms. The maximum atomic E-state index is 10.4. The van der Waals surface area contributed by atoms with Crippen LogP contribution < -0.4 is 0 Å². The summed E-state index contributed by atoms with van der Waals surface area (Å²) in [6, 6.07) is 7.63. The second-order valence-electron chi connectivity index (χ2n) is 6.15. The van der Waals surface area contributed by atoms with Crippen molar-refractivity contribution in [3.05, 3.63) is 47.2 Å². The first-order chi connectivity index (χ1) is 11.7. The molecule has 5 nitrogen and oxygen atoms in total. The van der Waals surface area contributed by atoms with Gasteiger partial charge in [0.25, 0.3) is 5.89 Å². The van der Waals surface area contributed by atoms with Crippen molar-refractivity contribution < 1.29 is 14.6 Å². The van der Waals surface area contributed by atoms with E-state index in [1.54, 1.807) is 20.8 Å². The van der Waals surface area contributed by atoms with Crippen molar-refractivity contribution in [2.75, 3.05) is 0 Å². The molecule has 1 aromatic carbocycles. The quantitative estimate of drug-likeness (QED) is 0.837. The number of aliphatic hydroxyl groups is 2. The molecule has 0 aliphatic heterocycles. The molecule has 0 saturated heterocycles. The third kappa shape index (κ3) is 4.93. The van der Waals surface area contributed by atoms with Gasteiger partial charge >= 0.3 is 0 Å². The van der Waals surface area contributed by atoms with Crippen LogP contribution in [0.25, 0.3) is 0 Å². The van der Waals surface area contributed by atoms with Crippen LogP contribution in [0.2, 0.25) is 0 Å². The summed E-state index contributed by atoms with van der Waals surface area (Å²) >= 11 is 0. The van der Waals surface area contributed by atoms with E-state index < -0.39 is 11.2 Å². The highest BCUT2D eigenvalue weighted by Crippen LogP contribution is 2.21. The molecule has 5 heteroatoms. The third-order valence-electron chi connectivity index (χ3n) is 3.67. The molecule has 0 amide bonds. The van der Waals surface area contributed by atoms with Crippen molar-refractivity contribution in [3.63, 3.8) is 0 Å². The zero-order valence-electron chi connectivity index (χ0n) is 14.9. The number of benzene rings is 1. The minimum Gasteiger partial charge on any atom is -0.421 e. The van der Waals surface area contributed by atoms with Gasteiger partial charge < -0.3 is 14.6 Å². The van der Waals surface area contributed by atoms with Crippen LogP contribution in [-0.2, 0) is 17.6 Å². The Balaban J connectivity index is 2.04. The van der Waals surface area contributed by atoms with Gasteiger partial charge in [0, 0.05) is 13.3 Å². The minimum absolute atomic E-state index is 0.0914. The summed E-state index contributed by atoms with van der Waals surface area (Å²) in [6.45, 7) is 6.55. The summed E-state index contributed by atoms with van der Waals surface area (Å²) in [4.78, 5) is 0. The van der Waals surface area contributed by atoms with Crippen LogP contribution in [0, 0.1) is 30.6 Å². The van der Waals surface area contributed by atoms with E-state index in [9.17, 15) is 10.2 Å². The summed E-state index contributed by atoms with van der Waals surface area (Å²) < 4.78 is 5.22. The van der Waals surface area contributed by atoms with Crippen LogP contribution in [0.15, 0.2) is 28.7 Å². The fourth-order valence-corrected chi connectivity index (χ4v) is 2.33. The molecule has 0 saturated carbocycles. The number of aryl methyl sites for hydroxylation is 2. The van der Waals surface area contributed by atoms with Crippen LogP contribution in [0.4, 0.5) is 0 Å². The van der Waals surface area contributed by atoms with Gasteiger partial charge in [-0.05, 0) is 38.3 Å². The van der Waals surface area contributed by atoms with Crippen molar-refractivity contribution in [2.45, 2.75) is 51.7 Å². The van der Waals surface area contributed by atoms with Crippen LogP contribution in [0.3, 0.4) is 0 Å². The maximum absolute atomic E-state index is 10.4. The number of aromatic nitrogens is 2. The monoisotopic (exact) mass is 338 g/mol. The summed E-state index contributed by atoms with van der Waals surface area (Å²) in [6.07, 6.45) is 1.24. The van der Waals surface area contributed by atoms with Crippen LogP contribution >= 0.6 is 0 Å². The summed E-state index contributed by atoms with van der Waals surface area (Å²) in [5.74, 6) is 11.7. The molecular formula is C20H22N2O3. The summed E-state index contributed by atoms with van der Waals surface area (Å²) in [5, 5.41) is 28.1. The van der Waals surface area contributed by atoms with Crippen LogP contribution in [0.5, 0.6) is 0 Å². The molecule has 0 aliphatic carbocycles. The highest BCUT2D eigenvalue weighted by molar-refractivity contribution is 5.34. The molecule has 0 aliphatic rings. The summed E-state index contributed by atoms with van der Waals surface area (Å²) in [5.41, 5.74) is -0.849. The first-order valence-electron chi connectivity index (χ1n) is 8.03. The Morgan fingerprint density at radius 1 is 1.12 bits per heavy atom. The van der Waals surface area contributed by atoms with E-state index in [1.165, 1.54) is 6.92 Å². The molecule has 1 unspecified atom stereocenters. The molecule has 0 bridgehead atoms. The van der Waals surface area contributed by atoms with E-state index in [0.717, 1.165) is 11.1 Å². The van der Waals surface area contributed by atoms with Gasteiger partial charge in [-0.2, -0.15) is 0 Å². The van der Waals surface area contributed by atoms with E-state index in [2.05, 4.69) is 33.9 Å². The predicted octanol–water partition coefficient (Wildman–Crippen LogP) is 2.45. The zero-order valence-corrected chi connectivity index (χ0v) is 14.9. The average Bonchev–Trinajstić information content (AvgIpc) is 2.99. The smallest absolute Gasteiger partial charge is 0.260 e. The molecule has 1 heterocycles. The Morgan fingerprint density at radius 2 is 1.88 bits per heavy atom. The van der Waals surface area contributed by atoms with Gasteiger partial charge in [-0.3, -0.25) is 0 Å². The topological polar surface area (TPSA) is 79.4 Å². The molecule has 2 rings (SSSR count). The SMILES string of the molecule is CC#CC(C)(O)c1cccc(CCC#C[C@@](C)(O)c2nnc(C)o2)c1. The number of rotatable bonds is 4. The largest absolute Gasteiger partial charge is 0.421 e. The Morgan fingerprint density at radius 3 is 2.52 bits per heavy atom. The van der Waals surface area contributed by atoms with Crippen LogP contribution in [0.1, 0.15) is 50.1 Å². The van der Waals surface area contributed by atoms with E-state index in [4.69, 9.17) is 4.42 Å². The van der Waals surface area contributed by atoms with Crippen molar-refractivity contribution in [1.82, 2.24) is 10.2 Å². The maximum Gasteiger partial charge on any atom is 0.260 e. The first kappa shape index (κ1) is 18.7. The number of hydrogen-bond acceptors (Lipinski definition) is 5. The van der Waals surface area contributed by atoms with Crippen molar-refractivity contribution >= 4 is 0 Å². The van der Waals surface area contributed by atoms with Crippen molar-refractivity contribution in [3.8, 4) is 23.7 Å². The van der Waals surface area contributed by atoms with Gasteiger partial charge in [0.15, 0.2) is 0 Å². The number of hydrogen-bond donors (Lipinski definition) is 2. The lowest BCUT2D eigenvalue weighted by Crippen LogP contribution is -2.19. The minimum atomic E-state index is -1.47. The normalized spacial score (nSPS) is 15.1. The van der Waals surface area contributed by atoms with E-state index >= 15 is 0 Å². The molecule has 0 radical (unpaired) electrons. The van der Waals surface area contributed by atoms with Gasteiger partial charge in [-0.25, -0.2) is 0 Å². The third-order valence-corrected chi connectivity index (χ3v) is 3.67. The molecule has 0 fully saturated rings. The Kier molecular flexibility index (Phi) is 5.64. The van der Waals surface area contributed by atoms with Gasteiger partial charge in [0.05, 0.1) is 0 Å². The molecule has 2 aromatic rings. The standard InChI is InChI=1S/C20H22N2O3/c1-5-12-19(3,23)17-11-8-10-16(14-17)9-6-7-13-20(4,24)18-22-21-15(2)25-18/h8,10-11,14,23-24H,6,9H2,1-4H3/t19?,20-/m1/s1. The van der Waals surface area contributed by atoms with E-state index in [0.29, 0.717) is 18.7 Å². The fraction of sp³-hybridized carbons (Fsp3) is 0.400. The van der Waals surface area contributed by atoms with Gasteiger partial charge in [-0.15, -0.1) is 16.1 Å². The van der Waals surface area contributed by atoms with Crippen LogP contribution in [-0.4, -0.2) is 20.4 Å². The molecule has 0 spiro atoms. The zero-order chi connectivity index (χ0) is 18.5. The lowest BCUT2D eigenvalue weighted by atomic mass is 9.94. The second kappa shape index (κ2) is 7.53. The number of nitrogens with zero attached hydrogens (tertiary/aromatic N) is 2. The first-order valence-corrected chi connectivity index (χ1v) is 8.03. The van der Waals surface area contributed by atoms with Gasteiger partial charge in [0.2, 0.25) is 11.5 Å². The van der Waals surface area contributed by atoms with Crippen molar-refractivity contribution in [2.24, 2.45) is 0 Å². The average molecular weight is 338 g/mol. The van der Waals surface area contributed by atoms with E-state index in [-0.39, 0.29) is 5.89 Å². The molecule has 2 atom stereocenters. The lowest BCUT2D eigenvalue weighted by Gasteiger charge is -2.17. The highest BCUT2D eigenvalue weighted by atomic mass is 16.4. The fourth-order valence-electron chi connectivity index (χ4n) is 2.33. The predicted molar refractivity (Wildman–Crippen MR) is 94.2 cm³/mol. The van der Waals surface area contributed by atoms with Gasteiger partial charge in [0.1, 0.15) is 5.60 Å². The van der Waals surface area contributed by atoms with Crippen molar-refractivity contribution in [1.29, 1.82) is 0 Å². The highest BCUT2D eigenvalue weighted by Gasteiger charge is 2.27. The Labute approximate surface area is 148 Å². The second-order valence-corrected chi connectivity index (χ2v) is 6.15. The van der Waals surface area contributed by atoms with E-state index in [1.807, 2.05) is 24.3 Å². The molecular weight excluding hydrogens is 316 g/mol. The summed E-state index contributed by atoms with van der Waals surface area (Å²) in [7, 11) is 0. The molecule has 2 N–H and O–H groups in total. The lowest BCUT2D eigenvalue weighted by molar-refractivity contribution is 0.0880. The van der Waals surface area contributed by atoms with Gasteiger partial charge in [-0.1, -0.05) is 42.0 Å². The molecule has 130 valence electrons.